The molecule has 2 heterocycles. The van der Waals surface area contributed by atoms with Crippen molar-refractivity contribution in [2.45, 2.75) is 45.4 Å². The molecule has 36 heavy (non-hydrogen) atoms. The number of hydrogen-bond acceptors (Lipinski definition) is 2. The second-order valence-electron chi connectivity index (χ2n) is 9.76. The Balaban J connectivity index is 1.26. The first-order valence-corrected chi connectivity index (χ1v) is 12.8. The van der Waals surface area contributed by atoms with Gasteiger partial charge in [-0.25, -0.2) is 4.68 Å². The average molecular weight is 475 g/mol. The van der Waals surface area contributed by atoms with Gasteiger partial charge in [0.25, 0.3) is 0 Å². The summed E-state index contributed by atoms with van der Waals surface area (Å²) in [4.78, 5) is 16.4. The second kappa shape index (κ2) is 9.50. The number of fused-ring (bicyclic) bond motifs is 2. The first kappa shape index (κ1) is 22.4. The number of rotatable bonds is 6. The highest BCUT2D eigenvalue weighted by molar-refractivity contribution is 5.92. The van der Waals surface area contributed by atoms with Crippen LogP contribution in [0.3, 0.4) is 0 Å². The van der Waals surface area contributed by atoms with Gasteiger partial charge in [0.1, 0.15) is 5.82 Å². The molecule has 5 heteroatoms. The quantitative estimate of drug-likeness (QED) is 0.285. The molecule has 0 bridgehead atoms. The highest BCUT2D eigenvalue weighted by atomic mass is 16.1. The van der Waals surface area contributed by atoms with Crippen LogP contribution in [0.4, 0.5) is 5.82 Å². The van der Waals surface area contributed by atoms with E-state index in [1.165, 1.54) is 34.9 Å². The number of amides is 1. The minimum atomic E-state index is -0.0222. The lowest BCUT2D eigenvalue weighted by molar-refractivity contribution is -0.116. The maximum Gasteiger partial charge on any atom is 0.225 e. The molecule has 6 rings (SSSR count). The third kappa shape index (κ3) is 4.44. The van der Waals surface area contributed by atoms with Gasteiger partial charge in [0.15, 0.2) is 0 Å². The lowest BCUT2D eigenvalue weighted by atomic mass is 9.90. The normalized spacial score (nSPS) is 13.0. The van der Waals surface area contributed by atoms with Crippen LogP contribution < -0.4 is 5.32 Å². The number of nitrogens with zero attached hydrogens (tertiary/aromatic N) is 2. The predicted molar refractivity (Wildman–Crippen MR) is 146 cm³/mol. The average Bonchev–Trinajstić information content (AvgIpc) is 3.51. The van der Waals surface area contributed by atoms with Gasteiger partial charge in [-0.15, -0.1) is 0 Å². The van der Waals surface area contributed by atoms with Crippen LogP contribution in [0.2, 0.25) is 0 Å². The van der Waals surface area contributed by atoms with Gasteiger partial charge in [0.05, 0.1) is 11.4 Å². The SMILES string of the molecule is Cc1ccc2[nH]cc(CCC(=O)Nc3cc(-c4ccc5c(c4)CCCC5)nn3-c3ccccc3)c2c1. The summed E-state index contributed by atoms with van der Waals surface area (Å²) in [5, 5.41) is 9.23. The van der Waals surface area contributed by atoms with Crippen molar-refractivity contribution in [2.75, 3.05) is 5.32 Å². The van der Waals surface area contributed by atoms with E-state index < -0.39 is 0 Å². The smallest absolute Gasteiger partial charge is 0.225 e. The largest absolute Gasteiger partial charge is 0.361 e. The molecule has 0 atom stereocenters. The molecule has 3 aromatic carbocycles. The van der Waals surface area contributed by atoms with Crippen molar-refractivity contribution in [3.05, 3.63) is 101 Å². The zero-order chi connectivity index (χ0) is 24.5. The van der Waals surface area contributed by atoms with E-state index in [0.717, 1.165) is 40.9 Å². The molecule has 1 aliphatic rings. The number of carbonyl (C=O) groups excluding carboxylic acids is 1. The first-order chi connectivity index (χ1) is 17.6. The van der Waals surface area contributed by atoms with Crippen LogP contribution in [0.1, 0.15) is 41.5 Å². The highest BCUT2D eigenvalue weighted by Gasteiger charge is 2.16. The molecule has 0 unspecified atom stereocenters. The van der Waals surface area contributed by atoms with Crippen molar-refractivity contribution < 1.29 is 4.79 Å². The molecule has 0 spiro atoms. The van der Waals surface area contributed by atoms with Crippen molar-refractivity contribution in [1.82, 2.24) is 14.8 Å². The van der Waals surface area contributed by atoms with Gasteiger partial charge < -0.3 is 10.3 Å². The lowest BCUT2D eigenvalue weighted by Gasteiger charge is -2.16. The lowest BCUT2D eigenvalue weighted by Crippen LogP contribution is -2.15. The Bertz CT molecular complexity index is 1540. The fourth-order valence-corrected chi connectivity index (χ4v) is 5.22. The molecule has 0 saturated carbocycles. The number of aryl methyl sites for hydroxylation is 4. The molecule has 5 nitrogen and oxygen atoms in total. The Morgan fingerprint density at radius 2 is 1.81 bits per heavy atom. The zero-order valence-electron chi connectivity index (χ0n) is 20.6. The number of anilines is 1. The molecule has 2 N–H and O–H groups in total. The van der Waals surface area contributed by atoms with Gasteiger partial charge in [-0.2, -0.15) is 5.10 Å². The molecule has 1 aliphatic carbocycles. The Morgan fingerprint density at radius 3 is 2.67 bits per heavy atom. The standard InChI is InChI=1S/C31H30N4O/c1-21-11-15-28-27(17-21)25(20-32-28)14-16-31(36)33-30-19-29(34-35(30)26-9-3-2-4-10-26)24-13-12-22-7-5-6-8-23(22)18-24/h2-4,9-13,15,17-20,32H,5-8,14,16H2,1H3,(H,33,36). The Hall–Kier alpha value is -4.12. The maximum atomic E-state index is 13.1. The Morgan fingerprint density at radius 1 is 0.972 bits per heavy atom. The maximum absolute atomic E-state index is 13.1. The van der Waals surface area contributed by atoms with Crippen LogP contribution >= 0.6 is 0 Å². The summed E-state index contributed by atoms with van der Waals surface area (Å²) in [7, 11) is 0. The van der Waals surface area contributed by atoms with E-state index in [4.69, 9.17) is 5.10 Å². The number of para-hydroxylation sites is 1. The number of carbonyl (C=O) groups is 1. The molecule has 2 aromatic heterocycles. The number of H-pyrrole nitrogens is 1. The Kier molecular flexibility index (Phi) is 5.90. The molecule has 0 radical (unpaired) electrons. The predicted octanol–water partition coefficient (Wildman–Crippen LogP) is 6.78. The fourth-order valence-electron chi connectivity index (χ4n) is 5.22. The summed E-state index contributed by atoms with van der Waals surface area (Å²) in [6, 6.07) is 25.0. The van der Waals surface area contributed by atoms with Gasteiger partial charge in [0, 0.05) is 35.2 Å². The van der Waals surface area contributed by atoms with E-state index in [1.54, 1.807) is 0 Å². The third-order valence-electron chi connectivity index (χ3n) is 7.17. The third-order valence-corrected chi connectivity index (χ3v) is 7.17. The van der Waals surface area contributed by atoms with Crippen LogP contribution in [0.5, 0.6) is 0 Å². The van der Waals surface area contributed by atoms with E-state index in [9.17, 15) is 4.79 Å². The van der Waals surface area contributed by atoms with Crippen molar-refractivity contribution in [3.63, 3.8) is 0 Å². The Labute approximate surface area is 211 Å². The molecule has 5 aromatic rings. The number of benzene rings is 3. The van der Waals surface area contributed by atoms with E-state index >= 15 is 0 Å². The van der Waals surface area contributed by atoms with E-state index in [-0.39, 0.29) is 5.91 Å². The van der Waals surface area contributed by atoms with Crippen molar-refractivity contribution >= 4 is 22.6 Å². The van der Waals surface area contributed by atoms with Gasteiger partial charge in [-0.1, -0.05) is 42.0 Å². The topological polar surface area (TPSA) is 62.7 Å². The summed E-state index contributed by atoms with van der Waals surface area (Å²) in [6.07, 6.45) is 7.88. The molecule has 180 valence electrons. The van der Waals surface area contributed by atoms with Crippen LogP contribution in [-0.2, 0) is 24.1 Å². The zero-order valence-corrected chi connectivity index (χ0v) is 20.6. The van der Waals surface area contributed by atoms with Gasteiger partial charge in [-0.05, 0) is 86.1 Å². The van der Waals surface area contributed by atoms with Gasteiger partial charge in [0.2, 0.25) is 5.91 Å². The van der Waals surface area contributed by atoms with E-state index in [1.807, 2.05) is 47.3 Å². The van der Waals surface area contributed by atoms with Crippen molar-refractivity contribution in [1.29, 1.82) is 0 Å². The highest BCUT2D eigenvalue weighted by Crippen LogP contribution is 2.30. The van der Waals surface area contributed by atoms with Crippen LogP contribution in [0.25, 0.3) is 27.8 Å². The summed E-state index contributed by atoms with van der Waals surface area (Å²) in [6.45, 7) is 2.09. The molecule has 0 aliphatic heterocycles. The summed E-state index contributed by atoms with van der Waals surface area (Å²) >= 11 is 0. The molecule has 1 amide bonds. The van der Waals surface area contributed by atoms with Crippen LogP contribution in [-0.4, -0.2) is 20.7 Å². The summed E-state index contributed by atoms with van der Waals surface area (Å²) in [5.74, 6) is 0.666. The van der Waals surface area contributed by atoms with Crippen molar-refractivity contribution in [2.24, 2.45) is 0 Å². The first-order valence-electron chi connectivity index (χ1n) is 12.8. The van der Waals surface area contributed by atoms with Crippen molar-refractivity contribution in [3.8, 4) is 16.9 Å². The molecule has 0 fully saturated rings. The fraction of sp³-hybridized carbons (Fsp3) is 0.226. The molecular formula is C31H30N4O. The summed E-state index contributed by atoms with van der Waals surface area (Å²) in [5.41, 5.74) is 9.24. The van der Waals surface area contributed by atoms with E-state index in [2.05, 4.69) is 53.6 Å². The second-order valence-corrected chi connectivity index (χ2v) is 9.76. The van der Waals surface area contributed by atoms with Gasteiger partial charge >= 0.3 is 0 Å². The monoisotopic (exact) mass is 474 g/mol. The molecular weight excluding hydrogens is 444 g/mol. The minimum Gasteiger partial charge on any atom is -0.361 e. The van der Waals surface area contributed by atoms with E-state index in [0.29, 0.717) is 18.7 Å². The molecule has 0 saturated heterocycles. The number of nitrogens with one attached hydrogen (secondary N) is 2. The number of hydrogen-bond donors (Lipinski definition) is 2. The van der Waals surface area contributed by atoms with Crippen LogP contribution in [0, 0.1) is 6.92 Å². The number of aromatic nitrogens is 3. The van der Waals surface area contributed by atoms with Gasteiger partial charge in [-0.3, -0.25) is 4.79 Å². The van der Waals surface area contributed by atoms with Crippen LogP contribution in [0.15, 0.2) is 79.0 Å². The number of aromatic amines is 1. The minimum absolute atomic E-state index is 0.0222. The summed E-state index contributed by atoms with van der Waals surface area (Å²) < 4.78 is 1.84.